The lowest BCUT2D eigenvalue weighted by Crippen LogP contribution is -2.43. The fourth-order valence-electron chi connectivity index (χ4n) is 2.70. The Labute approximate surface area is 135 Å². The fourth-order valence-corrected chi connectivity index (χ4v) is 2.70. The molecular weight excluding hydrogens is 294 g/mol. The number of rotatable bonds is 5. The van der Waals surface area contributed by atoms with Crippen molar-refractivity contribution in [3.8, 4) is 0 Å². The van der Waals surface area contributed by atoms with Gasteiger partial charge in [0.05, 0.1) is 18.3 Å². The number of hydrogen-bond donors (Lipinski definition) is 2. The summed E-state index contributed by atoms with van der Waals surface area (Å²) in [6.45, 7) is 2.97. The molecule has 3 rings (SSSR count). The van der Waals surface area contributed by atoms with Crippen LogP contribution in [-0.2, 0) is 17.7 Å². The van der Waals surface area contributed by atoms with Gasteiger partial charge in [-0.25, -0.2) is 4.79 Å². The number of aromatic nitrogens is 1. The molecule has 0 radical (unpaired) electrons. The highest BCUT2D eigenvalue weighted by Gasteiger charge is 2.30. The highest BCUT2D eigenvalue weighted by Crippen LogP contribution is 2.28. The molecule has 2 atom stereocenters. The lowest BCUT2D eigenvalue weighted by molar-refractivity contribution is 0.0999. The molecule has 122 valence electrons. The molecule has 6 heteroatoms. The first-order valence-corrected chi connectivity index (χ1v) is 7.91. The standard InChI is InChI=1S/C17H21N3O3/c1-2-13-10-14(23-20-13)11-18-17(21)19-15-8-9-22-16(15)12-6-4-3-5-7-12/h3-7,10,15-16H,2,8-9,11H2,1H3,(H2,18,19,21)/t15-,16-/m1/s1. The van der Waals surface area contributed by atoms with E-state index in [9.17, 15) is 4.79 Å². The van der Waals surface area contributed by atoms with Crippen molar-refractivity contribution < 1.29 is 14.1 Å². The second kappa shape index (κ2) is 7.28. The van der Waals surface area contributed by atoms with Gasteiger partial charge in [0.15, 0.2) is 5.76 Å². The molecule has 2 aromatic rings. The normalized spacial score (nSPS) is 20.4. The third-order valence-corrected chi connectivity index (χ3v) is 3.93. The van der Waals surface area contributed by atoms with Gasteiger partial charge in [-0.3, -0.25) is 0 Å². The van der Waals surface area contributed by atoms with Gasteiger partial charge in [0, 0.05) is 12.7 Å². The minimum Gasteiger partial charge on any atom is -0.371 e. The molecule has 0 aliphatic carbocycles. The summed E-state index contributed by atoms with van der Waals surface area (Å²) in [5, 5.41) is 9.68. The summed E-state index contributed by atoms with van der Waals surface area (Å²) < 4.78 is 10.9. The van der Waals surface area contributed by atoms with Crippen LogP contribution >= 0.6 is 0 Å². The molecule has 0 unspecified atom stereocenters. The first kappa shape index (κ1) is 15.6. The second-order valence-electron chi connectivity index (χ2n) is 5.56. The number of hydrogen-bond acceptors (Lipinski definition) is 4. The van der Waals surface area contributed by atoms with Crippen molar-refractivity contribution in [1.29, 1.82) is 0 Å². The number of nitrogens with zero attached hydrogens (tertiary/aromatic N) is 1. The first-order valence-electron chi connectivity index (χ1n) is 7.91. The van der Waals surface area contributed by atoms with Gasteiger partial charge in [0.2, 0.25) is 0 Å². The third-order valence-electron chi connectivity index (χ3n) is 3.93. The summed E-state index contributed by atoms with van der Waals surface area (Å²) in [5.74, 6) is 0.652. The van der Waals surface area contributed by atoms with Crippen molar-refractivity contribution in [3.63, 3.8) is 0 Å². The second-order valence-corrected chi connectivity index (χ2v) is 5.56. The molecule has 6 nitrogen and oxygen atoms in total. The summed E-state index contributed by atoms with van der Waals surface area (Å²) >= 11 is 0. The molecule has 2 amide bonds. The molecule has 1 aliphatic rings. The largest absolute Gasteiger partial charge is 0.371 e. The van der Waals surface area contributed by atoms with E-state index in [-0.39, 0.29) is 18.2 Å². The van der Waals surface area contributed by atoms with Crippen molar-refractivity contribution in [2.75, 3.05) is 6.61 Å². The number of ether oxygens (including phenoxy) is 1. The first-order chi connectivity index (χ1) is 11.3. The van der Waals surface area contributed by atoms with Crippen LogP contribution in [0.3, 0.4) is 0 Å². The molecule has 1 aromatic carbocycles. The predicted molar refractivity (Wildman–Crippen MR) is 84.8 cm³/mol. The van der Waals surface area contributed by atoms with E-state index in [2.05, 4.69) is 15.8 Å². The van der Waals surface area contributed by atoms with Crippen LogP contribution in [0, 0.1) is 0 Å². The Balaban J connectivity index is 1.52. The van der Waals surface area contributed by atoms with Crippen LogP contribution in [0.25, 0.3) is 0 Å². The molecule has 0 spiro atoms. The Bertz CT molecular complexity index is 642. The molecule has 1 aromatic heterocycles. The Kier molecular flexibility index (Phi) is 4.92. The van der Waals surface area contributed by atoms with Crippen LogP contribution in [0.4, 0.5) is 4.79 Å². The van der Waals surface area contributed by atoms with Gasteiger partial charge < -0.3 is 19.9 Å². The Morgan fingerprint density at radius 3 is 2.91 bits per heavy atom. The Morgan fingerprint density at radius 1 is 1.35 bits per heavy atom. The smallest absolute Gasteiger partial charge is 0.315 e. The molecule has 2 N–H and O–H groups in total. The maximum Gasteiger partial charge on any atom is 0.315 e. The van der Waals surface area contributed by atoms with E-state index in [0.717, 1.165) is 24.1 Å². The third kappa shape index (κ3) is 3.90. The minimum atomic E-state index is -0.226. The van der Waals surface area contributed by atoms with Crippen molar-refractivity contribution in [2.24, 2.45) is 0 Å². The predicted octanol–water partition coefficient (Wildman–Crippen LogP) is 2.57. The van der Waals surface area contributed by atoms with E-state index in [1.807, 2.05) is 43.3 Å². The van der Waals surface area contributed by atoms with Crippen LogP contribution in [-0.4, -0.2) is 23.8 Å². The van der Waals surface area contributed by atoms with E-state index in [4.69, 9.17) is 9.26 Å². The van der Waals surface area contributed by atoms with Gasteiger partial charge in [-0.1, -0.05) is 42.4 Å². The van der Waals surface area contributed by atoms with Gasteiger partial charge in [-0.05, 0) is 18.4 Å². The van der Waals surface area contributed by atoms with Crippen LogP contribution in [0.15, 0.2) is 40.9 Å². The van der Waals surface area contributed by atoms with E-state index >= 15 is 0 Å². The zero-order valence-electron chi connectivity index (χ0n) is 13.1. The average Bonchev–Trinajstić information content (AvgIpc) is 3.22. The topological polar surface area (TPSA) is 76.4 Å². The van der Waals surface area contributed by atoms with Crippen molar-refractivity contribution in [1.82, 2.24) is 15.8 Å². The minimum absolute atomic E-state index is 0.0293. The molecule has 0 bridgehead atoms. The summed E-state index contributed by atoms with van der Waals surface area (Å²) in [5.41, 5.74) is 1.97. The van der Waals surface area contributed by atoms with E-state index < -0.39 is 0 Å². The quantitative estimate of drug-likeness (QED) is 0.889. The molecule has 0 saturated carbocycles. The monoisotopic (exact) mass is 315 g/mol. The molecule has 1 fully saturated rings. The number of amides is 2. The zero-order valence-corrected chi connectivity index (χ0v) is 13.1. The lowest BCUT2D eigenvalue weighted by atomic mass is 10.0. The van der Waals surface area contributed by atoms with Crippen molar-refractivity contribution in [3.05, 3.63) is 53.4 Å². The summed E-state index contributed by atoms with van der Waals surface area (Å²) in [6.07, 6.45) is 1.52. The number of nitrogens with one attached hydrogen (secondary N) is 2. The summed E-state index contributed by atoms with van der Waals surface area (Å²) in [6, 6.07) is 11.6. The van der Waals surface area contributed by atoms with Crippen LogP contribution < -0.4 is 10.6 Å². The van der Waals surface area contributed by atoms with E-state index in [0.29, 0.717) is 18.9 Å². The van der Waals surface area contributed by atoms with Crippen LogP contribution in [0.5, 0.6) is 0 Å². The van der Waals surface area contributed by atoms with Crippen LogP contribution in [0.1, 0.15) is 36.5 Å². The molecule has 1 aliphatic heterocycles. The molecular formula is C17H21N3O3. The van der Waals surface area contributed by atoms with Gasteiger partial charge in [0.25, 0.3) is 0 Å². The van der Waals surface area contributed by atoms with Gasteiger partial charge in [0.1, 0.15) is 6.10 Å². The number of benzene rings is 1. The van der Waals surface area contributed by atoms with E-state index in [1.165, 1.54) is 0 Å². The number of carbonyl (C=O) groups excluding carboxylic acids is 1. The summed E-state index contributed by atoms with van der Waals surface area (Å²) in [7, 11) is 0. The highest BCUT2D eigenvalue weighted by molar-refractivity contribution is 5.74. The zero-order chi connectivity index (χ0) is 16.1. The molecule has 2 heterocycles. The maximum atomic E-state index is 12.1. The summed E-state index contributed by atoms with van der Waals surface area (Å²) in [4.78, 5) is 12.1. The average molecular weight is 315 g/mol. The van der Waals surface area contributed by atoms with Gasteiger partial charge >= 0.3 is 6.03 Å². The van der Waals surface area contributed by atoms with Crippen molar-refractivity contribution in [2.45, 2.75) is 38.5 Å². The van der Waals surface area contributed by atoms with Gasteiger partial charge in [-0.2, -0.15) is 0 Å². The molecule has 1 saturated heterocycles. The number of urea groups is 1. The Hall–Kier alpha value is -2.34. The van der Waals surface area contributed by atoms with E-state index in [1.54, 1.807) is 0 Å². The van der Waals surface area contributed by atoms with Crippen molar-refractivity contribution >= 4 is 6.03 Å². The Morgan fingerprint density at radius 2 is 2.17 bits per heavy atom. The maximum absolute atomic E-state index is 12.1. The highest BCUT2D eigenvalue weighted by atomic mass is 16.5. The number of aryl methyl sites for hydroxylation is 1. The van der Waals surface area contributed by atoms with Gasteiger partial charge in [-0.15, -0.1) is 0 Å². The SMILES string of the molecule is CCc1cc(CNC(=O)N[C@@H]2CCO[C@@H]2c2ccccc2)on1. The fraction of sp³-hybridized carbons (Fsp3) is 0.412. The molecule has 23 heavy (non-hydrogen) atoms. The van der Waals surface area contributed by atoms with Crippen LogP contribution in [0.2, 0.25) is 0 Å². The number of carbonyl (C=O) groups is 1. The lowest BCUT2D eigenvalue weighted by Gasteiger charge is -2.20.